The fourth-order valence-corrected chi connectivity index (χ4v) is 2.21. The van der Waals surface area contributed by atoms with Crippen molar-refractivity contribution >= 4 is 5.96 Å². The van der Waals surface area contributed by atoms with Crippen LogP contribution in [-0.4, -0.2) is 50.0 Å². The van der Waals surface area contributed by atoms with E-state index in [1.54, 1.807) is 6.07 Å². The van der Waals surface area contributed by atoms with Gasteiger partial charge in [-0.3, -0.25) is 0 Å². The first kappa shape index (κ1) is 12.9. The zero-order valence-corrected chi connectivity index (χ0v) is 11.4. The minimum absolute atomic E-state index is 0.114. The lowest BCUT2D eigenvalue weighted by Gasteiger charge is -2.22. The maximum atomic E-state index is 13.6. The maximum absolute atomic E-state index is 13.6. The van der Waals surface area contributed by atoms with Crippen molar-refractivity contribution in [2.45, 2.75) is 18.4 Å². The van der Waals surface area contributed by atoms with Gasteiger partial charge < -0.3 is 9.80 Å². The molecule has 0 heterocycles. The first-order chi connectivity index (χ1) is 8.50. The van der Waals surface area contributed by atoms with Gasteiger partial charge in [-0.2, -0.15) is 0 Å². The average Bonchev–Trinajstić information content (AvgIpc) is 3.05. The number of benzene rings is 1. The Morgan fingerprint density at radius 1 is 1.17 bits per heavy atom. The molecule has 0 aromatic heterocycles. The molecule has 1 aliphatic rings. The highest BCUT2D eigenvalue weighted by Crippen LogP contribution is 2.44. The summed E-state index contributed by atoms with van der Waals surface area (Å²) in [7, 11) is 7.89. The van der Waals surface area contributed by atoms with Crippen molar-refractivity contribution in [1.29, 1.82) is 0 Å². The summed E-state index contributed by atoms with van der Waals surface area (Å²) in [5, 5.41) is 0. The van der Waals surface area contributed by atoms with Gasteiger partial charge in [0.05, 0.1) is 6.04 Å². The van der Waals surface area contributed by atoms with E-state index < -0.39 is 0 Å². The normalized spacial score (nSPS) is 21.4. The molecule has 0 bridgehead atoms. The number of guanidine groups is 1. The lowest BCUT2D eigenvalue weighted by Crippen LogP contribution is -2.35. The third kappa shape index (κ3) is 2.63. The van der Waals surface area contributed by atoms with Crippen LogP contribution in [0.15, 0.2) is 29.3 Å². The van der Waals surface area contributed by atoms with Gasteiger partial charge in [0.2, 0.25) is 0 Å². The summed E-state index contributed by atoms with van der Waals surface area (Å²) in [6, 6.07) is 7.20. The lowest BCUT2D eigenvalue weighted by molar-refractivity contribution is 0.478. The topological polar surface area (TPSA) is 18.8 Å². The molecule has 1 aliphatic carbocycles. The van der Waals surface area contributed by atoms with E-state index in [9.17, 15) is 4.39 Å². The number of hydrogen-bond donors (Lipinski definition) is 0. The van der Waals surface area contributed by atoms with Crippen molar-refractivity contribution in [1.82, 2.24) is 9.80 Å². The molecule has 18 heavy (non-hydrogen) atoms. The van der Waals surface area contributed by atoms with E-state index in [2.05, 4.69) is 4.99 Å². The highest BCUT2D eigenvalue weighted by Gasteiger charge is 2.40. The van der Waals surface area contributed by atoms with E-state index >= 15 is 0 Å². The molecule has 2 atom stereocenters. The molecule has 0 radical (unpaired) electrons. The number of hydrogen-bond acceptors (Lipinski definition) is 1. The van der Waals surface area contributed by atoms with Gasteiger partial charge in [-0.25, -0.2) is 9.38 Å². The first-order valence-corrected chi connectivity index (χ1v) is 6.17. The summed E-state index contributed by atoms with van der Waals surface area (Å²) in [6.45, 7) is 0. The van der Waals surface area contributed by atoms with Crippen molar-refractivity contribution in [3.8, 4) is 0 Å². The molecule has 0 amide bonds. The minimum Gasteiger partial charge on any atom is -0.349 e. The van der Waals surface area contributed by atoms with Crippen LogP contribution < -0.4 is 0 Å². The largest absolute Gasteiger partial charge is 0.349 e. The molecule has 0 saturated heterocycles. The number of rotatable bonds is 2. The molecule has 1 aromatic carbocycles. The zero-order valence-electron chi connectivity index (χ0n) is 11.4. The van der Waals surface area contributed by atoms with E-state index in [1.165, 1.54) is 6.07 Å². The molecule has 1 saturated carbocycles. The molecule has 0 N–H and O–H groups in total. The van der Waals surface area contributed by atoms with Crippen LogP contribution in [0.2, 0.25) is 0 Å². The first-order valence-electron chi connectivity index (χ1n) is 6.17. The average molecular weight is 249 g/mol. The van der Waals surface area contributed by atoms with E-state index in [0.29, 0.717) is 0 Å². The van der Waals surface area contributed by atoms with E-state index in [-0.39, 0.29) is 17.8 Å². The second-order valence-corrected chi connectivity index (χ2v) is 5.15. The van der Waals surface area contributed by atoms with E-state index in [4.69, 9.17) is 0 Å². The summed E-state index contributed by atoms with van der Waals surface area (Å²) >= 11 is 0. The van der Waals surface area contributed by atoms with Gasteiger partial charge >= 0.3 is 0 Å². The van der Waals surface area contributed by atoms with Crippen molar-refractivity contribution < 1.29 is 4.39 Å². The third-order valence-corrected chi connectivity index (χ3v) is 3.14. The maximum Gasteiger partial charge on any atom is 0.195 e. The van der Waals surface area contributed by atoms with Crippen LogP contribution in [-0.2, 0) is 0 Å². The van der Waals surface area contributed by atoms with Gasteiger partial charge in [-0.1, -0.05) is 18.2 Å². The molecule has 3 nitrogen and oxygen atoms in total. The highest BCUT2D eigenvalue weighted by molar-refractivity contribution is 5.79. The zero-order chi connectivity index (χ0) is 13.3. The van der Waals surface area contributed by atoms with Gasteiger partial charge in [-0.15, -0.1) is 0 Å². The molecule has 0 spiro atoms. The molecule has 0 aliphatic heterocycles. The Morgan fingerprint density at radius 3 is 2.33 bits per heavy atom. The van der Waals surface area contributed by atoms with Gasteiger partial charge in [0, 0.05) is 34.1 Å². The Labute approximate surface area is 108 Å². The van der Waals surface area contributed by atoms with Gasteiger partial charge in [0.15, 0.2) is 5.96 Å². The highest BCUT2D eigenvalue weighted by atomic mass is 19.1. The SMILES string of the molecule is CN(C)C(=N[C@@H]1C[C@H]1c1ccccc1F)N(C)C. The molecule has 1 aromatic rings. The Kier molecular flexibility index (Phi) is 3.55. The minimum atomic E-state index is -0.114. The van der Waals surface area contributed by atoms with Crippen LogP contribution in [0.25, 0.3) is 0 Å². The van der Waals surface area contributed by atoms with Crippen molar-refractivity contribution in [3.63, 3.8) is 0 Å². The van der Waals surface area contributed by atoms with Crippen molar-refractivity contribution in [3.05, 3.63) is 35.6 Å². The predicted octanol–water partition coefficient (Wildman–Crippen LogP) is 2.16. The fourth-order valence-electron chi connectivity index (χ4n) is 2.21. The van der Waals surface area contributed by atoms with Crippen LogP contribution in [0.5, 0.6) is 0 Å². The lowest BCUT2D eigenvalue weighted by atomic mass is 10.1. The van der Waals surface area contributed by atoms with Crippen LogP contribution in [0.4, 0.5) is 4.39 Å². The number of halogens is 1. The van der Waals surface area contributed by atoms with E-state index in [1.807, 2.05) is 50.1 Å². The summed E-state index contributed by atoms with van der Waals surface area (Å²) in [6.07, 6.45) is 0.937. The Bertz CT molecular complexity index is 444. The molecule has 2 rings (SSSR count). The molecule has 4 heteroatoms. The molecule has 0 unspecified atom stereocenters. The quantitative estimate of drug-likeness (QED) is 0.591. The molecule has 98 valence electrons. The number of nitrogens with zero attached hydrogens (tertiary/aromatic N) is 3. The van der Waals surface area contributed by atoms with E-state index in [0.717, 1.165) is 17.9 Å². The second-order valence-electron chi connectivity index (χ2n) is 5.15. The van der Waals surface area contributed by atoms with Crippen LogP contribution in [0.3, 0.4) is 0 Å². The third-order valence-electron chi connectivity index (χ3n) is 3.14. The summed E-state index contributed by atoms with van der Waals surface area (Å²) < 4.78 is 13.6. The fraction of sp³-hybridized carbons (Fsp3) is 0.500. The van der Waals surface area contributed by atoms with Crippen molar-refractivity contribution in [2.24, 2.45) is 4.99 Å². The standard InChI is InChI=1S/C14H20FN3/c1-17(2)14(18(3)4)16-13-9-11(13)10-7-5-6-8-12(10)15/h5-8,11,13H,9H2,1-4H3/t11-,13+/m0/s1. The number of aliphatic imine (C=N–C) groups is 1. The van der Waals surface area contributed by atoms with Gasteiger partial charge in [-0.05, 0) is 18.1 Å². The summed E-state index contributed by atoms with van der Waals surface area (Å²) in [5.74, 6) is 1.05. The Morgan fingerprint density at radius 2 is 1.78 bits per heavy atom. The molecular formula is C14H20FN3. The predicted molar refractivity (Wildman–Crippen MR) is 72.4 cm³/mol. The summed E-state index contributed by atoms with van der Waals surface area (Å²) in [4.78, 5) is 8.65. The van der Waals surface area contributed by atoms with Crippen molar-refractivity contribution in [2.75, 3.05) is 28.2 Å². The summed E-state index contributed by atoms with van der Waals surface area (Å²) in [5.41, 5.74) is 0.795. The Hall–Kier alpha value is -1.58. The molecular weight excluding hydrogens is 229 g/mol. The Balaban J connectivity index is 2.12. The monoisotopic (exact) mass is 249 g/mol. The molecule has 1 fully saturated rings. The van der Waals surface area contributed by atoms with Crippen LogP contribution >= 0.6 is 0 Å². The smallest absolute Gasteiger partial charge is 0.195 e. The van der Waals surface area contributed by atoms with Crippen LogP contribution in [0, 0.1) is 5.82 Å². The van der Waals surface area contributed by atoms with Gasteiger partial charge in [0.25, 0.3) is 0 Å². The van der Waals surface area contributed by atoms with Crippen LogP contribution in [0.1, 0.15) is 17.9 Å². The second kappa shape index (κ2) is 4.96. The van der Waals surface area contributed by atoms with Gasteiger partial charge in [0.1, 0.15) is 5.82 Å².